The molecule has 11 heteroatoms. The lowest BCUT2D eigenvalue weighted by atomic mass is 10.2. The van der Waals surface area contributed by atoms with Crippen molar-refractivity contribution in [3.63, 3.8) is 0 Å². The SMILES string of the molecule is CC(=O)N(C(C)C)n1c(=O)n(S(=O)(=O)c2ccc(Cl)cc2)c(=O)c2ccc(Cl)cc21. The molecule has 1 amide bonds. The van der Waals surface area contributed by atoms with Crippen LogP contribution in [0.1, 0.15) is 20.8 Å². The van der Waals surface area contributed by atoms with E-state index in [2.05, 4.69) is 0 Å². The molecule has 3 aromatic rings. The van der Waals surface area contributed by atoms with E-state index < -0.39 is 33.2 Å². The van der Waals surface area contributed by atoms with Crippen molar-refractivity contribution in [2.45, 2.75) is 31.7 Å². The molecule has 30 heavy (non-hydrogen) atoms. The van der Waals surface area contributed by atoms with E-state index in [0.717, 1.165) is 9.69 Å². The Morgan fingerprint density at radius 1 is 1.00 bits per heavy atom. The topological polar surface area (TPSA) is 98.4 Å². The van der Waals surface area contributed by atoms with Crippen LogP contribution in [0.25, 0.3) is 10.9 Å². The first-order valence-electron chi connectivity index (χ1n) is 8.75. The lowest BCUT2D eigenvalue weighted by molar-refractivity contribution is -0.118. The van der Waals surface area contributed by atoms with Gasteiger partial charge in [-0.05, 0) is 56.3 Å². The summed E-state index contributed by atoms with van der Waals surface area (Å²) in [5, 5.41) is 1.47. The van der Waals surface area contributed by atoms with E-state index in [1.165, 1.54) is 49.4 Å². The molecule has 0 saturated carbocycles. The summed E-state index contributed by atoms with van der Waals surface area (Å²) >= 11 is 11.9. The maximum Gasteiger partial charge on any atom is 0.365 e. The fraction of sp³-hybridized carbons (Fsp3) is 0.211. The van der Waals surface area contributed by atoms with Crippen molar-refractivity contribution in [3.8, 4) is 0 Å². The molecule has 2 aromatic carbocycles. The van der Waals surface area contributed by atoms with Gasteiger partial charge in [0.25, 0.3) is 15.6 Å². The average molecular weight is 470 g/mol. The highest BCUT2D eigenvalue weighted by molar-refractivity contribution is 7.90. The lowest BCUT2D eigenvalue weighted by Gasteiger charge is -2.28. The van der Waals surface area contributed by atoms with Crippen molar-refractivity contribution in [3.05, 3.63) is 73.3 Å². The first-order valence-corrected chi connectivity index (χ1v) is 10.9. The lowest BCUT2D eigenvalue weighted by Crippen LogP contribution is -2.55. The van der Waals surface area contributed by atoms with Crippen LogP contribution in [0.15, 0.2) is 56.9 Å². The van der Waals surface area contributed by atoms with Gasteiger partial charge in [-0.2, -0.15) is 4.68 Å². The van der Waals surface area contributed by atoms with Gasteiger partial charge in [0.1, 0.15) is 0 Å². The Morgan fingerprint density at radius 2 is 1.57 bits per heavy atom. The van der Waals surface area contributed by atoms with Crippen LogP contribution in [0.4, 0.5) is 0 Å². The van der Waals surface area contributed by atoms with Crippen LogP contribution in [0.3, 0.4) is 0 Å². The fourth-order valence-corrected chi connectivity index (χ4v) is 4.70. The monoisotopic (exact) mass is 469 g/mol. The summed E-state index contributed by atoms with van der Waals surface area (Å²) in [5.41, 5.74) is -2.25. The number of rotatable bonds is 4. The van der Waals surface area contributed by atoms with Crippen molar-refractivity contribution in [2.24, 2.45) is 0 Å². The molecular formula is C19H17Cl2N3O5S. The molecule has 0 atom stereocenters. The van der Waals surface area contributed by atoms with Gasteiger partial charge in [-0.15, -0.1) is 3.97 Å². The zero-order valence-electron chi connectivity index (χ0n) is 16.2. The van der Waals surface area contributed by atoms with Crippen LogP contribution in [0.2, 0.25) is 10.0 Å². The summed E-state index contributed by atoms with van der Waals surface area (Å²) in [6, 6.07) is 8.54. The number of amides is 1. The zero-order chi connectivity index (χ0) is 22.4. The number of nitrogens with zero attached hydrogens (tertiary/aromatic N) is 3. The van der Waals surface area contributed by atoms with Gasteiger partial charge in [0.2, 0.25) is 5.91 Å². The second-order valence-corrected chi connectivity index (χ2v) is 9.40. The molecule has 158 valence electrons. The van der Waals surface area contributed by atoms with Crippen LogP contribution in [0.5, 0.6) is 0 Å². The van der Waals surface area contributed by atoms with Gasteiger partial charge in [0.05, 0.1) is 15.8 Å². The van der Waals surface area contributed by atoms with Gasteiger partial charge in [-0.25, -0.2) is 18.2 Å². The number of fused-ring (bicyclic) bond motifs is 1. The number of hydrogen-bond acceptors (Lipinski definition) is 5. The Morgan fingerprint density at radius 3 is 2.10 bits per heavy atom. The Balaban J connectivity index is 2.53. The highest BCUT2D eigenvalue weighted by Crippen LogP contribution is 2.19. The number of carbonyl (C=O) groups is 1. The maximum atomic E-state index is 13.3. The number of halogens is 2. The van der Waals surface area contributed by atoms with Crippen LogP contribution < -0.4 is 16.3 Å². The third-order valence-electron chi connectivity index (χ3n) is 4.34. The molecule has 1 aromatic heterocycles. The fourth-order valence-electron chi connectivity index (χ4n) is 3.11. The molecule has 0 spiro atoms. The van der Waals surface area contributed by atoms with Crippen molar-refractivity contribution in [1.29, 1.82) is 0 Å². The third kappa shape index (κ3) is 3.64. The normalized spacial score (nSPS) is 11.8. The molecule has 3 rings (SSSR count). The van der Waals surface area contributed by atoms with Crippen LogP contribution >= 0.6 is 23.2 Å². The van der Waals surface area contributed by atoms with Gasteiger partial charge in [0.15, 0.2) is 0 Å². The van der Waals surface area contributed by atoms with E-state index in [4.69, 9.17) is 23.2 Å². The molecule has 1 heterocycles. The van der Waals surface area contributed by atoms with E-state index in [1.807, 2.05) is 0 Å². The maximum absolute atomic E-state index is 13.3. The minimum Gasteiger partial charge on any atom is -0.273 e. The molecule has 8 nitrogen and oxygen atoms in total. The first kappa shape index (κ1) is 22.1. The number of carbonyl (C=O) groups excluding carboxylic acids is 1. The second-order valence-electron chi connectivity index (χ2n) is 6.74. The van der Waals surface area contributed by atoms with Crippen molar-refractivity contribution < 1.29 is 13.2 Å². The van der Waals surface area contributed by atoms with E-state index in [0.29, 0.717) is 0 Å². The smallest absolute Gasteiger partial charge is 0.273 e. The molecule has 0 N–H and O–H groups in total. The predicted octanol–water partition coefficient (Wildman–Crippen LogP) is 2.60. The summed E-state index contributed by atoms with van der Waals surface area (Å²) in [4.78, 5) is 38.4. The largest absolute Gasteiger partial charge is 0.365 e. The Labute approximate surface area is 181 Å². The molecular weight excluding hydrogens is 453 g/mol. The summed E-state index contributed by atoms with van der Waals surface area (Å²) in [6.07, 6.45) is 0. The number of hydrogen-bond donors (Lipinski definition) is 0. The Hall–Kier alpha value is -2.62. The first-order chi connectivity index (χ1) is 14.0. The predicted molar refractivity (Wildman–Crippen MR) is 116 cm³/mol. The highest BCUT2D eigenvalue weighted by atomic mass is 35.5. The van der Waals surface area contributed by atoms with Gasteiger partial charge < -0.3 is 0 Å². The van der Waals surface area contributed by atoms with Crippen molar-refractivity contribution >= 4 is 50.0 Å². The van der Waals surface area contributed by atoms with Crippen molar-refractivity contribution in [1.82, 2.24) is 8.65 Å². The van der Waals surface area contributed by atoms with Gasteiger partial charge in [-0.1, -0.05) is 23.2 Å². The van der Waals surface area contributed by atoms with E-state index in [9.17, 15) is 22.8 Å². The molecule has 0 bridgehead atoms. The molecule has 0 aliphatic carbocycles. The summed E-state index contributed by atoms with van der Waals surface area (Å²) in [5.74, 6) is -0.525. The second kappa shape index (κ2) is 7.90. The minimum atomic E-state index is -4.58. The number of aromatic nitrogens is 2. The summed E-state index contributed by atoms with van der Waals surface area (Å²) < 4.78 is 27.4. The molecule has 0 unspecified atom stereocenters. The van der Waals surface area contributed by atoms with Crippen LogP contribution in [-0.2, 0) is 14.8 Å². The van der Waals surface area contributed by atoms with Crippen LogP contribution in [0, 0.1) is 0 Å². The van der Waals surface area contributed by atoms with E-state index >= 15 is 0 Å². The highest BCUT2D eigenvalue weighted by Gasteiger charge is 2.29. The minimum absolute atomic E-state index is 0.0176. The van der Waals surface area contributed by atoms with Crippen molar-refractivity contribution in [2.75, 3.05) is 5.01 Å². The molecule has 0 saturated heterocycles. The average Bonchev–Trinajstić information content (AvgIpc) is 2.64. The summed E-state index contributed by atoms with van der Waals surface area (Å²) in [6.45, 7) is 4.52. The van der Waals surface area contributed by atoms with E-state index in [-0.39, 0.29) is 29.8 Å². The third-order valence-corrected chi connectivity index (χ3v) is 6.49. The van der Waals surface area contributed by atoms with Gasteiger partial charge >= 0.3 is 5.69 Å². The number of benzene rings is 2. The quantitative estimate of drug-likeness (QED) is 0.584. The Kier molecular flexibility index (Phi) is 5.81. The van der Waals surface area contributed by atoms with E-state index in [1.54, 1.807) is 13.8 Å². The molecule has 0 radical (unpaired) electrons. The standard InChI is InChI=1S/C19H17Cl2N3O5S/c1-11(2)22(12(3)25)23-17-10-14(21)6-9-16(17)18(26)24(19(23)27)30(28,29)15-7-4-13(20)5-8-15/h4-11H,1-3H3. The molecule has 0 aliphatic rings. The molecule has 0 fully saturated rings. The zero-order valence-corrected chi connectivity index (χ0v) is 18.5. The summed E-state index contributed by atoms with van der Waals surface area (Å²) in [7, 11) is -4.58. The molecule has 0 aliphatic heterocycles. The van der Waals surface area contributed by atoms with Gasteiger partial charge in [0, 0.05) is 23.0 Å². The Bertz CT molecular complexity index is 1380. The van der Waals surface area contributed by atoms with Gasteiger partial charge in [-0.3, -0.25) is 9.59 Å². The van der Waals surface area contributed by atoms with Crippen LogP contribution in [-0.4, -0.2) is 29.0 Å².